The van der Waals surface area contributed by atoms with Gasteiger partial charge in [-0.25, -0.2) is 0 Å². The number of nitrogen functional groups attached to an aromatic ring is 1. The zero-order valence-corrected chi connectivity index (χ0v) is 35.5. The number of likely N-dealkylation sites (tertiary alicyclic amines) is 1. The molecule has 6 amide bonds. The number of nitrogens with one attached hydrogen (secondary N) is 2. The van der Waals surface area contributed by atoms with Crippen LogP contribution in [-0.4, -0.2) is 124 Å². The summed E-state index contributed by atoms with van der Waals surface area (Å²) in [5.74, 6) is -1.36. The summed E-state index contributed by atoms with van der Waals surface area (Å²) in [7, 11) is 0. The van der Waals surface area contributed by atoms with Crippen LogP contribution in [0.5, 0.6) is 5.75 Å². The SMILES string of the molecule is Nc1nnc(-c2ccccc2O)cc1N1CCN(c2ccccc2)C(C(=O)NC2CCN(C(=O)CCC3CCN(c4ccc5c(c4)C(=O)N(C4CCC(=O)NC4=O)C5=O)CC3)CC2)C1. The number of phenolic OH excluding ortho intramolecular Hbond substituents is 1. The van der Waals surface area contributed by atoms with Crippen LogP contribution in [0.2, 0.25) is 0 Å². The van der Waals surface area contributed by atoms with Gasteiger partial charge in [-0.2, -0.15) is 0 Å². The highest BCUT2D eigenvalue weighted by Gasteiger charge is 2.45. The Balaban J connectivity index is 0.757. The van der Waals surface area contributed by atoms with Crippen LogP contribution in [0.15, 0.2) is 78.9 Å². The van der Waals surface area contributed by atoms with Crippen molar-refractivity contribution in [3.8, 4) is 17.0 Å². The molecule has 17 nitrogen and oxygen atoms in total. The number of benzene rings is 3. The Kier molecular flexibility index (Phi) is 11.9. The molecule has 9 rings (SSSR count). The number of amides is 6. The second-order valence-corrected chi connectivity index (χ2v) is 17.3. The van der Waals surface area contributed by atoms with Crippen molar-refractivity contribution in [2.75, 3.05) is 66.2 Å². The first-order valence-corrected chi connectivity index (χ1v) is 22.2. The number of piperazine rings is 1. The maximum absolute atomic E-state index is 14.2. The number of imide groups is 2. The normalized spacial score (nSPS) is 21.0. The van der Waals surface area contributed by atoms with Crippen molar-refractivity contribution in [1.29, 1.82) is 0 Å². The van der Waals surface area contributed by atoms with E-state index < -0.39 is 35.7 Å². The largest absolute Gasteiger partial charge is 0.507 e. The Morgan fingerprint density at radius 3 is 2.23 bits per heavy atom. The maximum Gasteiger partial charge on any atom is 0.262 e. The number of anilines is 4. The number of hydrogen-bond donors (Lipinski definition) is 4. The minimum absolute atomic E-state index is 0.0690. The van der Waals surface area contributed by atoms with Crippen molar-refractivity contribution < 1.29 is 33.9 Å². The molecule has 4 saturated heterocycles. The molecule has 2 atom stereocenters. The summed E-state index contributed by atoms with van der Waals surface area (Å²) in [5, 5.41) is 24.5. The van der Waals surface area contributed by atoms with Crippen molar-refractivity contribution in [3.63, 3.8) is 0 Å². The van der Waals surface area contributed by atoms with Crippen LogP contribution in [0.25, 0.3) is 11.3 Å². The minimum atomic E-state index is -1.00. The fourth-order valence-electron chi connectivity index (χ4n) is 9.81. The first-order chi connectivity index (χ1) is 31.0. The van der Waals surface area contributed by atoms with E-state index in [0.717, 1.165) is 48.6 Å². The summed E-state index contributed by atoms with van der Waals surface area (Å²) in [6.45, 7) is 4.12. The Labute approximate surface area is 370 Å². The van der Waals surface area contributed by atoms with Crippen LogP contribution < -0.4 is 31.1 Å². The van der Waals surface area contributed by atoms with Gasteiger partial charge in [-0.05, 0) is 93.0 Å². The average molecular weight is 869 g/mol. The third kappa shape index (κ3) is 8.53. The van der Waals surface area contributed by atoms with Gasteiger partial charge in [0.25, 0.3) is 11.8 Å². The molecule has 0 radical (unpaired) electrons. The lowest BCUT2D eigenvalue weighted by atomic mass is 9.91. The lowest BCUT2D eigenvalue weighted by molar-refractivity contribution is -0.136. The van der Waals surface area contributed by atoms with Gasteiger partial charge in [0.2, 0.25) is 23.6 Å². The molecule has 0 bridgehead atoms. The number of nitrogens with two attached hydrogens (primary N) is 1. The Morgan fingerprint density at radius 2 is 1.48 bits per heavy atom. The number of hydrogen-bond acceptors (Lipinski definition) is 13. The smallest absolute Gasteiger partial charge is 0.262 e. The van der Waals surface area contributed by atoms with Gasteiger partial charge in [0.1, 0.15) is 17.8 Å². The molecule has 2 unspecified atom stereocenters. The first-order valence-electron chi connectivity index (χ1n) is 22.2. The summed E-state index contributed by atoms with van der Waals surface area (Å²) in [6.07, 6.45) is 4.49. The molecule has 17 heteroatoms. The Bertz CT molecular complexity index is 2470. The van der Waals surface area contributed by atoms with E-state index in [-0.39, 0.29) is 53.4 Å². The number of fused-ring (bicyclic) bond motifs is 1. The number of carbonyl (C=O) groups excluding carboxylic acids is 6. The summed E-state index contributed by atoms with van der Waals surface area (Å²) in [4.78, 5) is 87.6. The molecular formula is C47H52N10O7. The monoisotopic (exact) mass is 868 g/mol. The molecule has 332 valence electrons. The molecule has 1 aromatic heterocycles. The third-order valence-corrected chi connectivity index (χ3v) is 13.5. The molecule has 5 aliphatic heterocycles. The molecular weight excluding hydrogens is 817 g/mol. The standard InChI is InChI=1S/C47H52N10O7/c48-43-38(27-36(51-52-43)34-8-4-5-9-40(34)58)55-24-25-56(31-6-2-1-3-7-31)39(28-55)45(62)49-30-18-22-54(23-19-30)42(60)15-10-29-16-20-53(21-17-29)32-11-12-33-35(26-32)47(64)57(46(33)63)37-13-14-41(59)50-44(37)61/h1-9,11-12,26-27,29-30,37,39,58H,10,13-25,28H2,(H2,48,52)(H,49,62)(H,50,59,61). The van der Waals surface area contributed by atoms with Gasteiger partial charge in [0.05, 0.1) is 22.5 Å². The first kappa shape index (κ1) is 42.3. The van der Waals surface area contributed by atoms with E-state index in [2.05, 4.69) is 35.5 Å². The van der Waals surface area contributed by atoms with Crippen LogP contribution in [0.4, 0.5) is 22.9 Å². The molecule has 0 saturated carbocycles. The summed E-state index contributed by atoms with van der Waals surface area (Å²) in [6, 6.07) is 22.2. The van der Waals surface area contributed by atoms with Crippen molar-refractivity contribution >= 4 is 58.3 Å². The highest BCUT2D eigenvalue weighted by molar-refractivity contribution is 6.23. The fraction of sp³-hybridized carbons (Fsp3) is 0.404. The highest BCUT2D eigenvalue weighted by Crippen LogP contribution is 2.35. The molecule has 6 heterocycles. The second-order valence-electron chi connectivity index (χ2n) is 17.3. The molecule has 0 aliphatic carbocycles. The van der Waals surface area contributed by atoms with E-state index in [9.17, 15) is 33.9 Å². The predicted molar refractivity (Wildman–Crippen MR) is 238 cm³/mol. The topological polar surface area (TPSA) is 215 Å². The van der Waals surface area contributed by atoms with Crippen LogP contribution >= 0.6 is 0 Å². The Morgan fingerprint density at radius 1 is 0.750 bits per heavy atom. The summed E-state index contributed by atoms with van der Waals surface area (Å²) in [5.41, 5.74) is 10.3. The number of phenols is 1. The molecule has 4 fully saturated rings. The van der Waals surface area contributed by atoms with Gasteiger partial charge in [-0.1, -0.05) is 30.3 Å². The molecule has 4 aromatic rings. The molecule has 5 N–H and O–H groups in total. The van der Waals surface area contributed by atoms with Crippen LogP contribution in [0, 0.1) is 5.92 Å². The van der Waals surface area contributed by atoms with Crippen molar-refractivity contribution in [2.24, 2.45) is 5.92 Å². The van der Waals surface area contributed by atoms with E-state index in [1.165, 1.54) is 0 Å². The molecule has 0 spiro atoms. The van der Waals surface area contributed by atoms with Crippen LogP contribution in [-0.2, 0) is 19.2 Å². The molecule has 3 aromatic carbocycles. The number of nitrogens with zero attached hydrogens (tertiary/aromatic N) is 7. The van der Waals surface area contributed by atoms with Gasteiger partial charge >= 0.3 is 0 Å². The van der Waals surface area contributed by atoms with Gasteiger partial charge in [0, 0.05) is 81.6 Å². The summed E-state index contributed by atoms with van der Waals surface area (Å²) < 4.78 is 0. The van der Waals surface area contributed by atoms with Crippen molar-refractivity contribution in [1.82, 2.24) is 30.6 Å². The van der Waals surface area contributed by atoms with E-state index in [1.54, 1.807) is 30.3 Å². The molecule has 5 aliphatic rings. The average Bonchev–Trinajstić information content (AvgIpc) is 3.56. The third-order valence-electron chi connectivity index (χ3n) is 13.5. The van der Waals surface area contributed by atoms with E-state index in [1.807, 2.05) is 53.4 Å². The fourth-order valence-corrected chi connectivity index (χ4v) is 9.81. The summed E-state index contributed by atoms with van der Waals surface area (Å²) >= 11 is 0. The Hall–Kier alpha value is -7.04. The van der Waals surface area contributed by atoms with Gasteiger partial charge in [0.15, 0.2) is 5.82 Å². The van der Waals surface area contributed by atoms with Crippen LogP contribution in [0.1, 0.15) is 72.1 Å². The quantitative estimate of drug-likeness (QED) is 0.169. The van der Waals surface area contributed by atoms with Crippen LogP contribution in [0.3, 0.4) is 0 Å². The zero-order valence-electron chi connectivity index (χ0n) is 35.5. The van der Waals surface area contributed by atoms with E-state index >= 15 is 0 Å². The van der Waals surface area contributed by atoms with E-state index in [4.69, 9.17) is 5.73 Å². The lowest BCUT2D eigenvalue weighted by Gasteiger charge is -2.43. The molecule has 64 heavy (non-hydrogen) atoms. The van der Waals surface area contributed by atoms with Crippen molar-refractivity contribution in [3.05, 3.63) is 90.0 Å². The van der Waals surface area contributed by atoms with Gasteiger partial charge < -0.3 is 35.8 Å². The van der Waals surface area contributed by atoms with Gasteiger partial charge in [-0.3, -0.25) is 39.0 Å². The number of aromatic hydroxyl groups is 1. The van der Waals surface area contributed by atoms with E-state index in [0.29, 0.717) is 74.8 Å². The predicted octanol–water partition coefficient (Wildman–Crippen LogP) is 3.33. The second kappa shape index (κ2) is 18.0. The van der Waals surface area contributed by atoms with Crippen molar-refractivity contribution in [2.45, 2.75) is 69.5 Å². The number of para-hydroxylation sites is 2. The maximum atomic E-state index is 14.2. The number of piperidine rings is 3. The zero-order chi connectivity index (χ0) is 44.5. The number of rotatable bonds is 10. The van der Waals surface area contributed by atoms with Gasteiger partial charge in [-0.15, -0.1) is 10.2 Å². The minimum Gasteiger partial charge on any atom is -0.507 e. The lowest BCUT2D eigenvalue weighted by Crippen LogP contribution is -2.61. The number of carbonyl (C=O) groups is 6. The highest BCUT2D eigenvalue weighted by atomic mass is 16.3. The number of aromatic nitrogens is 2.